The topological polar surface area (TPSA) is 75.4 Å². The van der Waals surface area contributed by atoms with Crippen molar-refractivity contribution < 1.29 is 14.3 Å². The summed E-state index contributed by atoms with van der Waals surface area (Å²) < 4.78 is 4.97. The maximum atomic E-state index is 11.8. The van der Waals surface area contributed by atoms with Crippen molar-refractivity contribution in [1.82, 2.24) is 10.3 Å². The number of aryl methyl sites for hydroxylation is 1. The monoisotopic (exact) mass is 260 g/mol. The number of aromatic nitrogens is 1. The van der Waals surface area contributed by atoms with Gasteiger partial charge >= 0.3 is 0 Å². The fraction of sp³-hybridized carbons (Fsp3) is 0.286. The summed E-state index contributed by atoms with van der Waals surface area (Å²) in [4.78, 5) is 15.7. The van der Waals surface area contributed by atoms with Crippen LogP contribution in [0.25, 0.3) is 0 Å². The Morgan fingerprint density at radius 1 is 1.42 bits per heavy atom. The average molecular weight is 260 g/mol. The molecule has 0 aliphatic rings. The molecule has 0 aliphatic heterocycles. The predicted octanol–water partition coefficient (Wildman–Crippen LogP) is 1.62. The van der Waals surface area contributed by atoms with Gasteiger partial charge in [0.2, 0.25) is 0 Å². The Balaban J connectivity index is 2.00. The summed E-state index contributed by atoms with van der Waals surface area (Å²) >= 11 is 0. The van der Waals surface area contributed by atoms with Crippen LogP contribution in [0.15, 0.2) is 41.0 Å². The third-order valence-corrected chi connectivity index (χ3v) is 2.84. The molecule has 5 nitrogen and oxygen atoms in total. The molecule has 2 N–H and O–H groups in total. The van der Waals surface area contributed by atoms with Crippen LogP contribution < -0.4 is 5.32 Å². The van der Waals surface area contributed by atoms with Crippen LogP contribution in [0.2, 0.25) is 0 Å². The van der Waals surface area contributed by atoms with Gasteiger partial charge in [-0.15, -0.1) is 0 Å². The first-order valence-corrected chi connectivity index (χ1v) is 5.97. The smallest absolute Gasteiger partial charge is 0.273 e. The second-order valence-corrected chi connectivity index (χ2v) is 4.57. The molecule has 0 bridgehead atoms. The SMILES string of the molecule is Cc1nc(C(=O)NC[C@@](C)(O)c2ccccc2)co1. The van der Waals surface area contributed by atoms with Gasteiger partial charge in [0.1, 0.15) is 11.9 Å². The Morgan fingerprint density at radius 3 is 2.68 bits per heavy atom. The van der Waals surface area contributed by atoms with Crippen molar-refractivity contribution in [2.75, 3.05) is 6.54 Å². The van der Waals surface area contributed by atoms with Crippen LogP contribution in [0.5, 0.6) is 0 Å². The quantitative estimate of drug-likeness (QED) is 0.876. The van der Waals surface area contributed by atoms with Gasteiger partial charge in [-0.25, -0.2) is 4.98 Å². The fourth-order valence-electron chi connectivity index (χ4n) is 1.71. The minimum absolute atomic E-state index is 0.0990. The van der Waals surface area contributed by atoms with E-state index in [0.717, 1.165) is 5.56 Å². The minimum Gasteiger partial charge on any atom is -0.448 e. The standard InChI is InChI=1S/C14H16N2O3/c1-10-16-12(8-19-10)13(17)15-9-14(2,18)11-6-4-3-5-7-11/h3-8,18H,9H2,1-2H3,(H,15,17)/t14-/m1/s1. The molecule has 1 amide bonds. The molecular weight excluding hydrogens is 244 g/mol. The fourth-order valence-corrected chi connectivity index (χ4v) is 1.71. The van der Waals surface area contributed by atoms with E-state index in [1.54, 1.807) is 13.8 Å². The van der Waals surface area contributed by atoms with Gasteiger partial charge in [0.25, 0.3) is 5.91 Å². The number of hydrogen-bond acceptors (Lipinski definition) is 4. The van der Waals surface area contributed by atoms with E-state index in [1.807, 2.05) is 30.3 Å². The highest BCUT2D eigenvalue weighted by Crippen LogP contribution is 2.19. The van der Waals surface area contributed by atoms with Crippen molar-refractivity contribution in [3.8, 4) is 0 Å². The maximum Gasteiger partial charge on any atom is 0.273 e. The summed E-state index contributed by atoms with van der Waals surface area (Å²) in [6.45, 7) is 3.41. The zero-order valence-electron chi connectivity index (χ0n) is 10.9. The van der Waals surface area contributed by atoms with Crippen LogP contribution in [0.3, 0.4) is 0 Å². The lowest BCUT2D eigenvalue weighted by atomic mass is 9.96. The molecule has 1 aromatic heterocycles. The van der Waals surface area contributed by atoms with Gasteiger partial charge in [0.15, 0.2) is 11.6 Å². The normalized spacial score (nSPS) is 13.8. The second kappa shape index (κ2) is 5.24. The molecule has 2 aromatic rings. The Bertz CT molecular complexity index is 561. The molecule has 0 unspecified atom stereocenters. The number of oxazole rings is 1. The number of amides is 1. The molecule has 100 valence electrons. The van der Waals surface area contributed by atoms with Gasteiger partial charge < -0.3 is 14.8 Å². The summed E-state index contributed by atoms with van der Waals surface area (Å²) in [6, 6.07) is 9.17. The second-order valence-electron chi connectivity index (χ2n) is 4.57. The largest absolute Gasteiger partial charge is 0.448 e. The molecule has 0 spiro atoms. The van der Waals surface area contributed by atoms with E-state index in [1.165, 1.54) is 6.26 Å². The van der Waals surface area contributed by atoms with Crippen molar-refractivity contribution >= 4 is 5.91 Å². The number of benzene rings is 1. The summed E-state index contributed by atoms with van der Waals surface area (Å²) in [5.41, 5.74) is -0.177. The first-order valence-electron chi connectivity index (χ1n) is 5.97. The first-order chi connectivity index (χ1) is 8.99. The van der Waals surface area contributed by atoms with E-state index in [4.69, 9.17) is 4.42 Å². The van der Waals surface area contributed by atoms with Crippen molar-refractivity contribution in [3.63, 3.8) is 0 Å². The van der Waals surface area contributed by atoms with Crippen LogP contribution in [-0.2, 0) is 5.60 Å². The highest BCUT2D eigenvalue weighted by atomic mass is 16.3. The van der Waals surface area contributed by atoms with E-state index in [-0.39, 0.29) is 18.1 Å². The van der Waals surface area contributed by atoms with Crippen LogP contribution in [0.4, 0.5) is 0 Å². The lowest BCUT2D eigenvalue weighted by molar-refractivity contribution is 0.0525. The van der Waals surface area contributed by atoms with Crippen molar-refractivity contribution in [2.45, 2.75) is 19.4 Å². The maximum absolute atomic E-state index is 11.8. The molecule has 5 heteroatoms. The average Bonchev–Trinajstić information content (AvgIpc) is 2.84. The van der Waals surface area contributed by atoms with Gasteiger partial charge in [0, 0.05) is 6.92 Å². The molecule has 19 heavy (non-hydrogen) atoms. The molecule has 0 aliphatic carbocycles. The molecule has 2 rings (SSSR count). The van der Waals surface area contributed by atoms with Crippen molar-refractivity contribution in [2.24, 2.45) is 0 Å². The number of carbonyl (C=O) groups is 1. The number of aliphatic hydroxyl groups is 1. The number of nitrogens with one attached hydrogen (secondary N) is 1. The van der Waals surface area contributed by atoms with Crippen molar-refractivity contribution in [1.29, 1.82) is 0 Å². The van der Waals surface area contributed by atoms with Crippen molar-refractivity contribution in [3.05, 3.63) is 53.7 Å². The van der Waals surface area contributed by atoms with Gasteiger partial charge in [-0.1, -0.05) is 30.3 Å². The lowest BCUT2D eigenvalue weighted by Gasteiger charge is -2.23. The molecule has 1 aromatic carbocycles. The highest BCUT2D eigenvalue weighted by Gasteiger charge is 2.24. The van der Waals surface area contributed by atoms with E-state index in [2.05, 4.69) is 10.3 Å². The summed E-state index contributed by atoms with van der Waals surface area (Å²) in [6.07, 6.45) is 1.29. The number of carbonyl (C=O) groups excluding carboxylic acids is 1. The van der Waals surface area contributed by atoms with E-state index in [9.17, 15) is 9.90 Å². The number of rotatable bonds is 4. The molecule has 0 radical (unpaired) electrons. The molecule has 1 atom stereocenters. The molecule has 0 saturated heterocycles. The molecule has 0 saturated carbocycles. The van der Waals surface area contributed by atoms with Crippen LogP contribution in [0, 0.1) is 6.92 Å². The Hall–Kier alpha value is -2.14. The third-order valence-electron chi connectivity index (χ3n) is 2.84. The zero-order valence-corrected chi connectivity index (χ0v) is 10.9. The Labute approximate surface area is 111 Å². The Kier molecular flexibility index (Phi) is 3.66. The Morgan fingerprint density at radius 2 is 2.11 bits per heavy atom. The first kappa shape index (κ1) is 13.3. The minimum atomic E-state index is -1.13. The van der Waals surface area contributed by atoms with Gasteiger partial charge in [0.05, 0.1) is 6.54 Å². The molecular formula is C14H16N2O3. The summed E-state index contributed by atoms with van der Waals surface area (Å²) in [5, 5.41) is 13.0. The van der Waals surface area contributed by atoms with Crippen LogP contribution in [0.1, 0.15) is 28.9 Å². The van der Waals surface area contributed by atoms with Gasteiger partial charge in [-0.3, -0.25) is 4.79 Å². The highest BCUT2D eigenvalue weighted by molar-refractivity contribution is 5.91. The van der Waals surface area contributed by atoms with Gasteiger partial charge in [-0.05, 0) is 12.5 Å². The molecule has 0 fully saturated rings. The van der Waals surface area contributed by atoms with E-state index < -0.39 is 5.60 Å². The number of nitrogens with zero attached hydrogens (tertiary/aromatic N) is 1. The lowest BCUT2D eigenvalue weighted by Crippen LogP contribution is -2.38. The van der Waals surface area contributed by atoms with Gasteiger partial charge in [-0.2, -0.15) is 0 Å². The summed E-state index contributed by atoms with van der Waals surface area (Å²) in [7, 11) is 0. The van der Waals surface area contributed by atoms with E-state index >= 15 is 0 Å². The van der Waals surface area contributed by atoms with Crippen LogP contribution >= 0.6 is 0 Å². The number of hydrogen-bond donors (Lipinski definition) is 2. The predicted molar refractivity (Wildman–Crippen MR) is 69.6 cm³/mol. The van der Waals surface area contributed by atoms with Crippen LogP contribution in [-0.4, -0.2) is 22.5 Å². The summed E-state index contributed by atoms with van der Waals surface area (Å²) in [5.74, 6) is 0.0630. The third kappa shape index (κ3) is 3.20. The zero-order chi connectivity index (χ0) is 13.9. The van der Waals surface area contributed by atoms with E-state index in [0.29, 0.717) is 5.89 Å². The molecule has 1 heterocycles.